The number of fused-ring (bicyclic) bond motifs is 3. The molecule has 0 bridgehead atoms. The van der Waals surface area contributed by atoms with Crippen LogP contribution in [-0.2, 0) is 6.42 Å². The SMILES string of the molecule is Cc1nc2c3c(ccn2c1C)CC(O)[C@@H](c1ccccc1)N3. The molecular weight excluding hydrogens is 274 g/mol. The molecule has 4 nitrogen and oxygen atoms in total. The van der Waals surface area contributed by atoms with Crippen molar-refractivity contribution in [3.05, 3.63) is 65.1 Å². The van der Waals surface area contributed by atoms with Gasteiger partial charge >= 0.3 is 0 Å². The molecule has 22 heavy (non-hydrogen) atoms. The number of nitrogens with zero attached hydrogens (tertiary/aromatic N) is 2. The van der Waals surface area contributed by atoms with E-state index in [1.807, 2.05) is 43.5 Å². The molecular formula is C18H19N3O. The van der Waals surface area contributed by atoms with E-state index >= 15 is 0 Å². The van der Waals surface area contributed by atoms with Gasteiger partial charge in [-0.1, -0.05) is 30.3 Å². The van der Waals surface area contributed by atoms with Crippen LogP contribution < -0.4 is 5.32 Å². The molecule has 0 saturated heterocycles. The van der Waals surface area contributed by atoms with Crippen LogP contribution in [-0.4, -0.2) is 20.6 Å². The molecule has 0 saturated carbocycles. The Hall–Kier alpha value is -2.33. The maximum absolute atomic E-state index is 10.5. The normalized spacial score (nSPS) is 20.7. The van der Waals surface area contributed by atoms with E-state index < -0.39 is 6.10 Å². The van der Waals surface area contributed by atoms with Crippen molar-refractivity contribution in [1.29, 1.82) is 0 Å². The van der Waals surface area contributed by atoms with Gasteiger partial charge in [-0.25, -0.2) is 4.98 Å². The second kappa shape index (κ2) is 4.85. The topological polar surface area (TPSA) is 49.6 Å². The van der Waals surface area contributed by atoms with Gasteiger partial charge in [0.15, 0.2) is 5.65 Å². The molecule has 0 fully saturated rings. The molecule has 0 aliphatic carbocycles. The Bertz CT molecular complexity index is 838. The summed E-state index contributed by atoms with van der Waals surface area (Å²) in [5.41, 5.74) is 6.40. The summed E-state index contributed by atoms with van der Waals surface area (Å²) in [5, 5.41) is 14.0. The third-order valence-electron chi connectivity index (χ3n) is 4.63. The lowest BCUT2D eigenvalue weighted by molar-refractivity contribution is 0.148. The van der Waals surface area contributed by atoms with Crippen molar-refractivity contribution in [1.82, 2.24) is 9.38 Å². The number of aromatic nitrogens is 2. The molecule has 0 radical (unpaired) electrons. The van der Waals surface area contributed by atoms with E-state index in [-0.39, 0.29) is 6.04 Å². The molecule has 0 spiro atoms. The first-order chi connectivity index (χ1) is 10.6. The van der Waals surface area contributed by atoms with Crippen LogP contribution in [0.25, 0.3) is 5.65 Å². The van der Waals surface area contributed by atoms with Crippen molar-refractivity contribution >= 4 is 11.3 Å². The van der Waals surface area contributed by atoms with Gasteiger partial charge in [-0.05, 0) is 31.0 Å². The molecule has 112 valence electrons. The van der Waals surface area contributed by atoms with Crippen LogP contribution >= 0.6 is 0 Å². The number of aliphatic hydroxyl groups is 1. The van der Waals surface area contributed by atoms with Crippen LogP contribution in [0.15, 0.2) is 42.6 Å². The summed E-state index contributed by atoms with van der Waals surface area (Å²) in [7, 11) is 0. The summed E-state index contributed by atoms with van der Waals surface area (Å²) in [6, 6.07) is 12.1. The maximum Gasteiger partial charge on any atom is 0.161 e. The molecule has 3 aromatic rings. The second-order valence-electron chi connectivity index (χ2n) is 6.00. The fourth-order valence-electron chi connectivity index (χ4n) is 3.27. The van der Waals surface area contributed by atoms with Crippen molar-refractivity contribution in [3.8, 4) is 0 Å². The number of nitrogens with one attached hydrogen (secondary N) is 1. The van der Waals surface area contributed by atoms with E-state index in [9.17, 15) is 5.11 Å². The van der Waals surface area contributed by atoms with E-state index in [1.165, 1.54) is 0 Å². The van der Waals surface area contributed by atoms with Crippen LogP contribution in [0.3, 0.4) is 0 Å². The highest BCUT2D eigenvalue weighted by molar-refractivity contribution is 5.74. The minimum absolute atomic E-state index is 0.0998. The van der Waals surface area contributed by atoms with Crippen molar-refractivity contribution in [2.75, 3.05) is 5.32 Å². The largest absolute Gasteiger partial charge is 0.390 e. The molecule has 2 aromatic heterocycles. The van der Waals surface area contributed by atoms with Crippen LogP contribution in [0.4, 0.5) is 5.69 Å². The minimum Gasteiger partial charge on any atom is -0.390 e. The maximum atomic E-state index is 10.5. The van der Waals surface area contributed by atoms with Crippen molar-refractivity contribution in [2.24, 2.45) is 0 Å². The van der Waals surface area contributed by atoms with Crippen molar-refractivity contribution in [3.63, 3.8) is 0 Å². The highest BCUT2D eigenvalue weighted by Crippen LogP contribution is 2.35. The van der Waals surface area contributed by atoms with Crippen molar-refractivity contribution in [2.45, 2.75) is 32.4 Å². The van der Waals surface area contributed by atoms with E-state index in [0.717, 1.165) is 33.8 Å². The van der Waals surface area contributed by atoms with Crippen LogP contribution in [0.1, 0.15) is 28.6 Å². The zero-order chi connectivity index (χ0) is 15.3. The zero-order valence-electron chi connectivity index (χ0n) is 12.7. The highest BCUT2D eigenvalue weighted by Gasteiger charge is 2.29. The van der Waals surface area contributed by atoms with E-state index in [1.54, 1.807) is 0 Å². The monoisotopic (exact) mass is 293 g/mol. The Kier molecular flexibility index (Phi) is 2.94. The Morgan fingerprint density at radius 1 is 1.18 bits per heavy atom. The van der Waals surface area contributed by atoms with Gasteiger partial charge in [-0.15, -0.1) is 0 Å². The predicted molar refractivity (Wildman–Crippen MR) is 87.2 cm³/mol. The summed E-state index contributed by atoms with van der Waals surface area (Å²) < 4.78 is 2.11. The van der Waals surface area contributed by atoms with E-state index in [2.05, 4.69) is 22.7 Å². The zero-order valence-corrected chi connectivity index (χ0v) is 12.7. The Balaban J connectivity index is 1.85. The van der Waals surface area contributed by atoms with Gasteiger partial charge in [-0.3, -0.25) is 0 Å². The summed E-state index contributed by atoms with van der Waals surface area (Å²) in [6.07, 6.45) is 2.25. The lowest BCUT2D eigenvalue weighted by atomic mass is 9.91. The summed E-state index contributed by atoms with van der Waals surface area (Å²) in [5.74, 6) is 0. The van der Waals surface area contributed by atoms with Crippen LogP contribution in [0, 0.1) is 13.8 Å². The summed E-state index contributed by atoms with van der Waals surface area (Å²) in [4.78, 5) is 4.70. The number of hydrogen-bond acceptors (Lipinski definition) is 3. The number of hydrogen-bond donors (Lipinski definition) is 2. The molecule has 1 aliphatic rings. The molecule has 3 heterocycles. The van der Waals surface area contributed by atoms with Gasteiger partial charge in [0.25, 0.3) is 0 Å². The van der Waals surface area contributed by atoms with Crippen LogP contribution in [0.2, 0.25) is 0 Å². The Labute approximate surface area is 129 Å². The van der Waals surface area contributed by atoms with E-state index in [4.69, 9.17) is 4.98 Å². The first-order valence-electron chi connectivity index (χ1n) is 7.62. The predicted octanol–water partition coefficient (Wildman–Crippen LogP) is 3.02. The van der Waals surface area contributed by atoms with Gasteiger partial charge in [0.2, 0.25) is 0 Å². The fraction of sp³-hybridized carbons (Fsp3) is 0.278. The lowest BCUT2D eigenvalue weighted by Gasteiger charge is -2.32. The third kappa shape index (κ3) is 1.91. The van der Waals surface area contributed by atoms with Crippen LogP contribution in [0.5, 0.6) is 0 Å². The average molecular weight is 293 g/mol. The van der Waals surface area contributed by atoms with Gasteiger partial charge in [0, 0.05) is 18.3 Å². The van der Waals surface area contributed by atoms with E-state index in [0.29, 0.717) is 6.42 Å². The molecule has 2 atom stereocenters. The molecule has 0 amide bonds. The molecule has 1 unspecified atom stereocenters. The lowest BCUT2D eigenvalue weighted by Crippen LogP contribution is -2.32. The molecule has 1 aromatic carbocycles. The molecule has 4 heteroatoms. The van der Waals surface area contributed by atoms with Gasteiger partial charge < -0.3 is 14.8 Å². The number of benzene rings is 1. The quantitative estimate of drug-likeness (QED) is 0.725. The Morgan fingerprint density at radius 3 is 2.73 bits per heavy atom. The standard InChI is InChI=1S/C18H19N3O/c1-11-12(2)21-9-8-14-10-15(22)16(13-6-4-3-5-7-13)20-17(14)18(21)19-11/h3-9,15-16,20,22H,10H2,1-2H3/t15?,16-/m1/s1. The summed E-state index contributed by atoms with van der Waals surface area (Å²) in [6.45, 7) is 4.11. The number of pyridine rings is 1. The Morgan fingerprint density at radius 2 is 1.95 bits per heavy atom. The number of rotatable bonds is 1. The number of anilines is 1. The first kappa shape index (κ1) is 13.3. The van der Waals surface area contributed by atoms with Gasteiger partial charge in [0.1, 0.15) is 0 Å². The number of aryl methyl sites for hydroxylation is 2. The first-order valence-corrected chi connectivity index (χ1v) is 7.62. The molecule has 4 rings (SSSR count). The third-order valence-corrected chi connectivity index (χ3v) is 4.63. The fourth-order valence-corrected chi connectivity index (χ4v) is 3.27. The smallest absolute Gasteiger partial charge is 0.161 e. The highest BCUT2D eigenvalue weighted by atomic mass is 16.3. The summed E-state index contributed by atoms with van der Waals surface area (Å²) >= 11 is 0. The number of imidazole rings is 1. The molecule has 2 N–H and O–H groups in total. The van der Waals surface area contributed by atoms with Gasteiger partial charge in [0.05, 0.1) is 23.5 Å². The molecule has 1 aliphatic heterocycles. The van der Waals surface area contributed by atoms with Gasteiger partial charge in [-0.2, -0.15) is 0 Å². The van der Waals surface area contributed by atoms with Crippen molar-refractivity contribution < 1.29 is 5.11 Å². The number of aliphatic hydroxyl groups excluding tert-OH is 1. The average Bonchev–Trinajstić information content (AvgIpc) is 2.83. The second-order valence-corrected chi connectivity index (χ2v) is 6.00. The minimum atomic E-state index is -0.436.